The van der Waals surface area contributed by atoms with Gasteiger partial charge in [0.1, 0.15) is 5.69 Å². The number of nitro benzene ring substituents is 1. The molecule has 108 valence electrons. The highest BCUT2D eigenvalue weighted by Crippen LogP contribution is 2.26. The Balaban J connectivity index is 2.12. The van der Waals surface area contributed by atoms with Gasteiger partial charge < -0.3 is 10.7 Å². The SMILES string of the molecule is CC1CCC(NC(=O)c2ccc([N+](=O)[O-])c(NN)c2)C1. The minimum absolute atomic E-state index is 0.127. The third kappa shape index (κ3) is 3.05. The zero-order chi connectivity index (χ0) is 14.7. The number of nitrogens with one attached hydrogen (secondary N) is 2. The summed E-state index contributed by atoms with van der Waals surface area (Å²) in [7, 11) is 0. The molecule has 0 aromatic heterocycles. The maximum Gasteiger partial charge on any atom is 0.293 e. The first-order valence-corrected chi connectivity index (χ1v) is 6.57. The molecule has 1 aromatic rings. The lowest BCUT2D eigenvalue weighted by Crippen LogP contribution is -2.33. The van der Waals surface area contributed by atoms with Gasteiger partial charge in [0.15, 0.2) is 0 Å². The van der Waals surface area contributed by atoms with Crippen molar-refractivity contribution in [3.63, 3.8) is 0 Å². The fourth-order valence-electron chi connectivity index (χ4n) is 2.56. The minimum atomic E-state index is -0.546. The van der Waals surface area contributed by atoms with Crippen molar-refractivity contribution < 1.29 is 9.72 Å². The highest BCUT2D eigenvalue weighted by molar-refractivity contribution is 5.96. The van der Waals surface area contributed by atoms with Crippen LogP contribution in [-0.4, -0.2) is 16.9 Å². The number of hydrogen-bond acceptors (Lipinski definition) is 5. The standard InChI is InChI=1S/C13H18N4O3/c1-8-2-4-10(6-8)15-13(18)9-3-5-12(17(19)20)11(7-9)16-14/h3,5,7-8,10,16H,2,4,6,14H2,1H3,(H,15,18). The van der Waals surface area contributed by atoms with E-state index in [0.717, 1.165) is 19.3 Å². The molecule has 0 bridgehead atoms. The van der Waals surface area contributed by atoms with Gasteiger partial charge in [-0.25, -0.2) is 0 Å². The molecule has 0 spiro atoms. The Kier molecular flexibility index (Phi) is 4.19. The zero-order valence-electron chi connectivity index (χ0n) is 11.3. The van der Waals surface area contributed by atoms with Crippen molar-refractivity contribution in [3.8, 4) is 0 Å². The number of anilines is 1. The highest BCUT2D eigenvalue weighted by Gasteiger charge is 2.24. The van der Waals surface area contributed by atoms with Gasteiger partial charge >= 0.3 is 0 Å². The molecule has 1 aliphatic rings. The summed E-state index contributed by atoms with van der Waals surface area (Å²) in [5, 5.41) is 13.7. The second-order valence-electron chi connectivity index (χ2n) is 5.22. The summed E-state index contributed by atoms with van der Waals surface area (Å²) in [5.41, 5.74) is 2.59. The van der Waals surface area contributed by atoms with Gasteiger partial charge in [-0.05, 0) is 37.3 Å². The molecule has 7 nitrogen and oxygen atoms in total. The van der Waals surface area contributed by atoms with Gasteiger partial charge in [-0.15, -0.1) is 0 Å². The van der Waals surface area contributed by atoms with Crippen molar-refractivity contribution in [2.24, 2.45) is 11.8 Å². The Labute approximate surface area is 116 Å². The molecular weight excluding hydrogens is 260 g/mol. The number of carbonyl (C=O) groups excluding carboxylic acids is 1. The summed E-state index contributed by atoms with van der Waals surface area (Å²) in [6.45, 7) is 2.16. The first-order chi connectivity index (χ1) is 9.51. The predicted octanol–water partition coefficient (Wildman–Crippen LogP) is 1.80. The van der Waals surface area contributed by atoms with Gasteiger partial charge in [0, 0.05) is 17.7 Å². The number of carbonyl (C=O) groups is 1. The normalized spacial score (nSPS) is 21.5. The van der Waals surface area contributed by atoms with Crippen LogP contribution in [0.3, 0.4) is 0 Å². The molecule has 2 rings (SSSR count). The Hall–Kier alpha value is -2.15. The Morgan fingerprint density at radius 2 is 2.20 bits per heavy atom. The van der Waals surface area contributed by atoms with Crippen molar-refractivity contribution >= 4 is 17.3 Å². The van der Waals surface area contributed by atoms with E-state index >= 15 is 0 Å². The molecular formula is C13H18N4O3. The number of nitrogens with zero attached hydrogens (tertiary/aromatic N) is 1. The Morgan fingerprint density at radius 3 is 2.75 bits per heavy atom. The summed E-state index contributed by atoms with van der Waals surface area (Å²) < 4.78 is 0. The highest BCUT2D eigenvalue weighted by atomic mass is 16.6. The lowest BCUT2D eigenvalue weighted by molar-refractivity contribution is -0.384. The minimum Gasteiger partial charge on any atom is -0.349 e. The third-order valence-electron chi connectivity index (χ3n) is 3.64. The quantitative estimate of drug-likeness (QED) is 0.442. The lowest BCUT2D eigenvalue weighted by Gasteiger charge is -2.13. The molecule has 0 heterocycles. The van der Waals surface area contributed by atoms with Gasteiger partial charge in [0.05, 0.1) is 4.92 Å². The second-order valence-corrected chi connectivity index (χ2v) is 5.22. The number of rotatable bonds is 4. The summed E-state index contributed by atoms with van der Waals surface area (Å²) in [6, 6.07) is 4.29. The number of hydrogen-bond donors (Lipinski definition) is 3. The molecule has 4 N–H and O–H groups in total. The molecule has 1 aliphatic carbocycles. The average molecular weight is 278 g/mol. The largest absolute Gasteiger partial charge is 0.349 e. The van der Waals surface area contributed by atoms with Gasteiger partial charge in [-0.2, -0.15) is 0 Å². The smallest absolute Gasteiger partial charge is 0.293 e. The van der Waals surface area contributed by atoms with E-state index in [2.05, 4.69) is 17.7 Å². The van der Waals surface area contributed by atoms with Crippen LogP contribution in [0.25, 0.3) is 0 Å². The molecule has 1 aromatic carbocycles. The second kappa shape index (κ2) is 5.87. The van der Waals surface area contributed by atoms with E-state index in [-0.39, 0.29) is 23.3 Å². The van der Waals surface area contributed by atoms with E-state index in [1.165, 1.54) is 18.2 Å². The molecule has 2 atom stereocenters. The number of nitrogen functional groups attached to an aromatic ring is 1. The van der Waals surface area contributed by atoms with Crippen molar-refractivity contribution in [2.45, 2.75) is 32.2 Å². The molecule has 1 amide bonds. The van der Waals surface area contributed by atoms with Gasteiger partial charge in [-0.3, -0.25) is 20.8 Å². The van der Waals surface area contributed by atoms with Gasteiger partial charge in [-0.1, -0.05) is 6.92 Å². The van der Waals surface area contributed by atoms with Crippen molar-refractivity contribution in [1.29, 1.82) is 0 Å². The van der Waals surface area contributed by atoms with E-state index in [1.54, 1.807) is 0 Å². The molecule has 20 heavy (non-hydrogen) atoms. The fraction of sp³-hybridized carbons (Fsp3) is 0.462. The van der Waals surface area contributed by atoms with Crippen LogP contribution in [0.5, 0.6) is 0 Å². The lowest BCUT2D eigenvalue weighted by atomic mass is 10.1. The maximum absolute atomic E-state index is 12.1. The summed E-state index contributed by atoms with van der Waals surface area (Å²) in [5.74, 6) is 5.65. The fourth-order valence-corrected chi connectivity index (χ4v) is 2.56. The molecule has 0 aliphatic heterocycles. The Bertz CT molecular complexity index is 532. The molecule has 1 saturated carbocycles. The van der Waals surface area contributed by atoms with Crippen LogP contribution in [0.4, 0.5) is 11.4 Å². The molecule has 1 fully saturated rings. The first kappa shape index (κ1) is 14.3. The van der Waals surface area contributed by atoms with E-state index in [4.69, 9.17) is 5.84 Å². The molecule has 0 saturated heterocycles. The Morgan fingerprint density at radius 1 is 1.45 bits per heavy atom. The molecule has 0 radical (unpaired) electrons. The summed E-state index contributed by atoms with van der Waals surface area (Å²) >= 11 is 0. The van der Waals surface area contributed by atoms with Crippen LogP contribution < -0.4 is 16.6 Å². The first-order valence-electron chi connectivity index (χ1n) is 6.57. The summed E-state index contributed by atoms with van der Waals surface area (Å²) in [4.78, 5) is 22.3. The van der Waals surface area contributed by atoms with Crippen molar-refractivity contribution in [2.75, 3.05) is 5.43 Å². The average Bonchev–Trinajstić information content (AvgIpc) is 2.83. The molecule has 7 heteroatoms. The van der Waals surface area contributed by atoms with Crippen molar-refractivity contribution in [3.05, 3.63) is 33.9 Å². The van der Waals surface area contributed by atoms with Crippen LogP contribution in [0.1, 0.15) is 36.5 Å². The maximum atomic E-state index is 12.1. The number of nitrogens with two attached hydrogens (primary N) is 1. The van der Waals surface area contributed by atoms with Gasteiger partial charge in [0.2, 0.25) is 0 Å². The van der Waals surface area contributed by atoms with Gasteiger partial charge in [0.25, 0.3) is 11.6 Å². The monoisotopic (exact) mass is 278 g/mol. The van der Waals surface area contributed by atoms with Crippen LogP contribution in [0, 0.1) is 16.0 Å². The zero-order valence-corrected chi connectivity index (χ0v) is 11.3. The molecule has 2 unspecified atom stereocenters. The van der Waals surface area contributed by atoms with E-state index in [0.29, 0.717) is 11.5 Å². The van der Waals surface area contributed by atoms with Crippen LogP contribution >= 0.6 is 0 Å². The third-order valence-corrected chi connectivity index (χ3v) is 3.64. The van der Waals surface area contributed by atoms with Crippen LogP contribution in [0.15, 0.2) is 18.2 Å². The summed E-state index contributed by atoms with van der Waals surface area (Å²) in [6.07, 6.45) is 3.06. The van der Waals surface area contributed by atoms with E-state index in [1.807, 2.05) is 0 Å². The number of hydrazine groups is 1. The number of benzene rings is 1. The van der Waals surface area contributed by atoms with E-state index in [9.17, 15) is 14.9 Å². The topological polar surface area (TPSA) is 110 Å². The van der Waals surface area contributed by atoms with Crippen molar-refractivity contribution in [1.82, 2.24) is 5.32 Å². The predicted molar refractivity (Wildman–Crippen MR) is 75.2 cm³/mol. The van der Waals surface area contributed by atoms with E-state index < -0.39 is 4.92 Å². The number of amides is 1. The van der Waals surface area contributed by atoms with Crippen LogP contribution in [0.2, 0.25) is 0 Å². The van der Waals surface area contributed by atoms with Crippen LogP contribution in [-0.2, 0) is 0 Å². The number of nitro groups is 1.